The molecule has 1 aromatic rings. The lowest BCUT2D eigenvalue weighted by molar-refractivity contribution is -0.131. The van der Waals surface area contributed by atoms with Crippen molar-refractivity contribution in [1.82, 2.24) is 0 Å². The molecule has 1 aromatic carbocycles. The second-order valence-corrected chi connectivity index (χ2v) is 3.74. The van der Waals surface area contributed by atoms with Crippen LogP contribution in [0.1, 0.15) is 15.9 Å². The number of hydrogen-bond donors (Lipinski definition) is 1. The van der Waals surface area contributed by atoms with Crippen molar-refractivity contribution in [2.45, 2.75) is 6.92 Å². The number of carboxylic acids is 1. The van der Waals surface area contributed by atoms with Crippen LogP contribution in [-0.2, 0) is 4.79 Å². The quantitative estimate of drug-likeness (QED) is 0.662. The molecule has 0 aromatic heterocycles. The first-order chi connectivity index (χ1) is 7.95. The molecule has 0 saturated heterocycles. The number of carboxylic acid groups (broad SMARTS) is 1. The monoisotopic (exact) mass is 254 g/mol. The highest BCUT2D eigenvalue weighted by atomic mass is 35.5. The minimum Gasteiger partial charge on any atom is -0.496 e. The minimum absolute atomic E-state index is 0.284. The van der Waals surface area contributed by atoms with Crippen molar-refractivity contribution < 1.29 is 19.4 Å². The number of ketones is 1. The average molecular weight is 255 g/mol. The zero-order valence-electron chi connectivity index (χ0n) is 9.36. The molecule has 4 nitrogen and oxygen atoms in total. The predicted octanol–water partition coefficient (Wildman–Crippen LogP) is 2.48. The van der Waals surface area contributed by atoms with Gasteiger partial charge in [-0.25, -0.2) is 4.79 Å². The molecule has 0 aliphatic heterocycles. The van der Waals surface area contributed by atoms with Crippen molar-refractivity contribution in [2.24, 2.45) is 0 Å². The summed E-state index contributed by atoms with van der Waals surface area (Å²) in [6.07, 6.45) is 1.76. The molecule has 0 aliphatic rings. The summed E-state index contributed by atoms with van der Waals surface area (Å²) in [5.74, 6) is -1.30. The molecular formula is C12H11ClO4. The Balaban J connectivity index is 3.16. The number of aliphatic carboxylic acids is 1. The van der Waals surface area contributed by atoms with E-state index in [0.717, 1.165) is 17.7 Å². The number of halogens is 1. The van der Waals surface area contributed by atoms with E-state index in [0.29, 0.717) is 10.8 Å². The Morgan fingerprint density at radius 2 is 2.00 bits per heavy atom. The van der Waals surface area contributed by atoms with Gasteiger partial charge in [0.2, 0.25) is 0 Å². The van der Waals surface area contributed by atoms with E-state index in [4.69, 9.17) is 21.4 Å². The molecule has 17 heavy (non-hydrogen) atoms. The Kier molecular flexibility index (Phi) is 4.29. The summed E-state index contributed by atoms with van der Waals surface area (Å²) < 4.78 is 5.02. The van der Waals surface area contributed by atoms with E-state index < -0.39 is 11.8 Å². The summed E-state index contributed by atoms with van der Waals surface area (Å²) in [5, 5.41) is 8.93. The maximum Gasteiger partial charge on any atom is 0.328 e. The molecule has 0 fully saturated rings. The van der Waals surface area contributed by atoms with Crippen molar-refractivity contribution in [3.8, 4) is 5.75 Å². The van der Waals surface area contributed by atoms with Gasteiger partial charge in [-0.3, -0.25) is 4.79 Å². The summed E-state index contributed by atoms with van der Waals surface area (Å²) in [6.45, 7) is 1.75. The van der Waals surface area contributed by atoms with Crippen LogP contribution in [0, 0.1) is 6.92 Å². The molecule has 5 heteroatoms. The van der Waals surface area contributed by atoms with Gasteiger partial charge in [-0.1, -0.05) is 11.6 Å². The van der Waals surface area contributed by atoms with E-state index in [2.05, 4.69) is 0 Å². The maximum absolute atomic E-state index is 11.7. The Morgan fingerprint density at radius 3 is 2.53 bits per heavy atom. The normalized spacial score (nSPS) is 10.5. The fourth-order valence-electron chi connectivity index (χ4n) is 1.26. The van der Waals surface area contributed by atoms with Gasteiger partial charge in [0, 0.05) is 11.1 Å². The highest BCUT2D eigenvalue weighted by Crippen LogP contribution is 2.27. The number of carbonyl (C=O) groups excluding carboxylic acids is 1. The van der Waals surface area contributed by atoms with Gasteiger partial charge in [0.05, 0.1) is 12.7 Å². The van der Waals surface area contributed by atoms with Crippen LogP contribution in [0.15, 0.2) is 24.3 Å². The molecule has 0 spiro atoms. The van der Waals surface area contributed by atoms with Crippen molar-refractivity contribution in [3.05, 3.63) is 40.4 Å². The summed E-state index contributed by atoms with van der Waals surface area (Å²) in [7, 11) is 1.42. The second-order valence-electron chi connectivity index (χ2n) is 3.34. The van der Waals surface area contributed by atoms with Crippen LogP contribution >= 0.6 is 11.6 Å². The van der Waals surface area contributed by atoms with E-state index in [1.54, 1.807) is 13.0 Å². The maximum atomic E-state index is 11.7. The summed E-state index contributed by atoms with van der Waals surface area (Å²) in [5.41, 5.74) is 1.01. The molecule has 0 amide bonds. The fraction of sp³-hybridized carbons (Fsp3) is 0.167. The van der Waals surface area contributed by atoms with Crippen LogP contribution in [0.2, 0.25) is 5.02 Å². The second kappa shape index (κ2) is 5.50. The Hall–Kier alpha value is -1.81. The standard InChI is InChI=1S/C12H11ClO4/c1-7-5-8(10(14)3-4-12(15)16)11(17-2)6-9(7)13/h3-6H,1-2H3,(H,15,16)/b4-3+. The topological polar surface area (TPSA) is 63.6 Å². The van der Waals surface area contributed by atoms with E-state index in [-0.39, 0.29) is 5.56 Å². The van der Waals surface area contributed by atoms with Crippen LogP contribution < -0.4 is 4.74 Å². The molecule has 0 aliphatic carbocycles. The van der Waals surface area contributed by atoms with Gasteiger partial charge in [0.25, 0.3) is 0 Å². The molecule has 1 rings (SSSR count). The Morgan fingerprint density at radius 1 is 1.35 bits per heavy atom. The first-order valence-electron chi connectivity index (χ1n) is 4.75. The number of aryl methyl sites for hydroxylation is 1. The van der Waals surface area contributed by atoms with E-state index in [1.165, 1.54) is 13.2 Å². The molecule has 0 radical (unpaired) electrons. The van der Waals surface area contributed by atoms with Crippen LogP contribution in [0.4, 0.5) is 0 Å². The number of allylic oxidation sites excluding steroid dienone is 1. The van der Waals surface area contributed by atoms with Crippen LogP contribution in [-0.4, -0.2) is 24.0 Å². The van der Waals surface area contributed by atoms with Gasteiger partial charge >= 0.3 is 5.97 Å². The van der Waals surface area contributed by atoms with Crippen molar-refractivity contribution in [3.63, 3.8) is 0 Å². The number of hydrogen-bond acceptors (Lipinski definition) is 3. The lowest BCUT2D eigenvalue weighted by atomic mass is 10.1. The molecule has 0 unspecified atom stereocenters. The summed E-state index contributed by atoms with van der Waals surface area (Å²) >= 11 is 5.89. The van der Waals surface area contributed by atoms with Gasteiger partial charge in [-0.2, -0.15) is 0 Å². The Labute approximate surface area is 103 Å². The number of methoxy groups -OCH3 is 1. The lowest BCUT2D eigenvalue weighted by Crippen LogP contribution is -2.01. The largest absolute Gasteiger partial charge is 0.496 e. The molecular weight excluding hydrogens is 244 g/mol. The SMILES string of the molecule is COc1cc(Cl)c(C)cc1C(=O)/C=C/C(=O)O. The molecule has 1 N–H and O–H groups in total. The third-order valence-corrected chi connectivity index (χ3v) is 2.53. The third kappa shape index (κ3) is 3.32. The van der Waals surface area contributed by atoms with Gasteiger partial charge in [-0.05, 0) is 30.7 Å². The van der Waals surface area contributed by atoms with Crippen molar-refractivity contribution in [1.29, 1.82) is 0 Å². The zero-order valence-corrected chi connectivity index (χ0v) is 10.1. The smallest absolute Gasteiger partial charge is 0.328 e. The lowest BCUT2D eigenvalue weighted by Gasteiger charge is -2.08. The van der Waals surface area contributed by atoms with Gasteiger partial charge in [-0.15, -0.1) is 0 Å². The molecule has 0 atom stereocenters. The number of ether oxygens (including phenoxy) is 1. The molecule has 0 heterocycles. The number of benzene rings is 1. The molecule has 0 bridgehead atoms. The summed E-state index contributed by atoms with van der Waals surface area (Å²) in [6, 6.07) is 3.09. The van der Waals surface area contributed by atoms with Crippen LogP contribution in [0.3, 0.4) is 0 Å². The van der Waals surface area contributed by atoms with E-state index in [1.807, 2.05) is 0 Å². The van der Waals surface area contributed by atoms with Crippen LogP contribution in [0.25, 0.3) is 0 Å². The van der Waals surface area contributed by atoms with Crippen molar-refractivity contribution >= 4 is 23.4 Å². The molecule has 0 saturated carbocycles. The van der Waals surface area contributed by atoms with Crippen LogP contribution in [0.5, 0.6) is 5.75 Å². The van der Waals surface area contributed by atoms with Crippen molar-refractivity contribution in [2.75, 3.05) is 7.11 Å². The van der Waals surface area contributed by atoms with Gasteiger partial charge in [0.1, 0.15) is 5.75 Å². The average Bonchev–Trinajstić information content (AvgIpc) is 2.28. The number of carbonyl (C=O) groups is 2. The zero-order chi connectivity index (χ0) is 13.0. The third-order valence-electron chi connectivity index (χ3n) is 2.12. The Bertz CT molecular complexity index is 492. The number of rotatable bonds is 4. The minimum atomic E-state index is -1.18. The summed E-state index contributed by atoms with van der Waals surface area (Å²) in [4.78, 5) is 22.0. The highest BCUT2D eigenvalue weighted by molar-refractivity contribution is 6.31. The fourth-order valence-corrected chi connectivity index (χ4v) is 1.42. The predicted molar refractivity (Wildman–Crippen MR) is 63.8 cm³/mol. The highest BCUT2D eigenvalue weighted by Gasteiger charge is 2.12. The first kappa shape index (κ1) is 13.3. The molecule has 90 valence electrons. The van der Waals surface area contributed by atoms with E-state index >= 15 is 0 Å². The van der Waals surface area contributed by atoms with Gasteiger partial charge < -0.3 is 9.84 Å². The first-order valence-corrected chi connectivity index (χ1v) is 5.13. The van der Waals surface area contributed by atoms with Gasteiger partial charge in [0.15, 0.2) is 5.78 Å². The van der Waals surface area contributed by atoms with E-state index in [9.17, 15) is 9.59 Å².